The van der Waals surface area contributed by atoms with E-state index in [0.29, 0.717) is 51.0 Å². The molecule has 2 aromatic rings. The molecular weight excluding hydrogens is 422 g/mol. The summed E-state index contributed by atoms with van der Waals surface area (Å²) in [4.78, 5) is 24.2. The zero-order chi connectivity index (χ0) is 22.0. The third-order valence-corrected chi connectivity index (χ3v) is 8.09. The molecule has 1 aromatic heterocycles. The normalized spacial score (nSPS) is 21.0. The van der Waals surface area contributed by atoms with Crippen molar-refractivity contribution in [2.75, 3.05) is 26.2 Å². The van der Waals surface area contributed by atoms with Gasteiger partial charge in [-0.2, -0.15) is 4.31 Å². The predicted octanol–water partition coefficient (Wildman–Crippen LogP) is 1.70. The Balaban J connectivity index is 1.34. The van der Waals surface area contributed by atoms with Gasteiger partial charge in [0.05, 0.1) is 16.5 Å². The molecule has 0 saturated carbocycles. The van der Waals surface area contributed by atoms with Crippen molar-refractivity contribution in [1.29, 1.82) is 0 Å². The Kier molecular flexibility index (Phi) is 6.49. The van der Waals surface area contributed by atoms with Crippen molar-refractivity contribution in [1.82, 2.24) is 14.2 Å². The van der Waals surface area contributed by atoms with Crippen LogP contribution < -0.4 is 11.1 Å². The van der Waals surface area contributed by atoms with E-state index in [1.54, 1.807) is 6.07 Å². The molecule has 2 aliphatic rings. The van der Waals surface area contributed by atoms with E-state index in [-0.39, 0.29) is 28.4 Å². The Labute approximate surface area is 181 Å². The van der Waals surface area contributed by atoms with Gasteiger partial charge in [0.1, 0.15) is 0 Å². The lowest BCUT2D eigenvalue weighted by Gasteiger charge is -2.31. The van der Waals surface area contributed by atoms with Gasteiger partial charge in [0.2, 0.25) is 15.9 Å². The lowest BCUT2D eigenvalue weighted by atomic mass is 9.94. The van der Waals surface area contributed by atoms with Crippen LogP contribution in [-0.4, -0.2) is 55.5 Å². The van der Waals surface area contributed by atoms with Crippen LogP contribution in [0.3, 0.4) is 0 Å². The Hall–Kier alpha value is -2.17. The Morgan fingerprint density at radius 3 is 2.68 bits per heavy atom. The molecule has 0 bridgehead atoms. The van der Waals surface area contributed by atoms with Gasteiger partial charge in [-0.25, -0.2) is 13.2 Å². The lowest BCUT2D eigenvalue weighted by molar-refractivity contribution is -0.122. The quantitative estimate of drug-likeness (QED) is 0.686. The number of ether oxygens (including phenoxy) is 1. The zero-order valence-corrected chi connectivity index (χ0v) is 18.5. The summed E-state index contributed by atoms with van der Waals surface area (Å²) in [5.41, 5.74) is 0.852. The van der Waals surface area contributed by atoms with Crippen molar-refractivity contribution >= 4 is 27.0 Å². The fourth-order valence-corrected chi connectivity index (χ4v) is 5.86. The maximum atomic E-state index is 13.1. The summed E-state index contributed by atoms with van der Waals surface area (Å²) in [6, 6.07) is 4.55. The molecule has 1 amide bonds. The monoisotopic (exact) mass is 451 g/mol. The number of carbonyl (C=O) groups is 1. The first kappa shape index (κ1) is 22.0. The van der Waals surface area contributed by atoms with E-state index >= 15 is 0 Å². The molecule has 0 unspecified atom stereocenters. The van der Waals surface area contributed by atoms with Gasteiger partial charge in [0.15, 0.2) is 5.58 Å². The van der Waals surface area contributed by atoms with Crippen molar-refractivity contribution in [2.45, 2.75) is 56.6 Å². The summed E-state index contributed by atoms with van der Waals surface area (Å²) in [7, 11) is -3.69. The van der Waals surface area contributed by atoms with Gasteiger partial charge in [-0.1, -0.05) is 0 Å². The van der Waals surface area contributed by atoms with Crippen LogP contribution in [0.4, 0.5) is 0 Å². The second kappa shape index (κ2) is 9.13. The number of nitrogens with zero attached hydrogens (tertiary/aromatic N) is 2. The number of amides is 1. The highest BCUT2D eigenvalue weighted by Crippen LogP contribution is 2.27. The average Bonchev–Trinajstić information content (AvgIpc) is 3.38. The van der Waals surface area contributed by atoms with Gasteiger partial charge in [0, 0.05) is 45.3 Å². The topological polar surface area (TPSA) is 111 Å². The van der Waals surface area contributed by atoms with Crippen molar-refractivity contribution in [3.05, 3.63) is 28.7 Å². The minimum absolute atomic E-state index is 0.00211. The van der Waals surface area contributed by atoms with E-state index in [4.69, 9.17) is 9.15 Å². The van der Waals surface area contributed by atoms with Gasteiger partial charge < -0.3 is 14.5 Å². The summed E-state index contributed by atoms with van der Waals surface area (Å²) < 4.78 is 39.8. The van der Waals surface area contributed by atoms with Gasteiger partial charge in [-0.3, -0.25) is 9.36 Å². The van der Waals surface area contributed by atoms with Crippen LogP contribution in [0.1, 0.15) is 39.0 Å². The molecule has 9 nitrogen and oxygen atoms in total. The highest BCUT2D eigenvalue weighted by atomic mass is 32.2. The summed E-state index contributed by atoms with van der Waals surface area (Å²) >= 11 is 0. The van der Waals surface area contributed by atoms with Gasteiger partial charge in [-0.05, 0) is 50.7 Å². The second-order valence-corrected chi connectivity index (χ2v) is 10.2. The van der Waals surface area contributed by atoms with Crippen molar-refractivity contribution in [3.63, 3.8) is 0 Å². The molecule has 2 aliphatic heterocycles. The van der Waals surface area contributed by atoms with Crippen molar-refractivity contribution in [2.24, 2.45) is 5.92 Å². The maximum absolute atomic E-state index is 13.1. The molecule has 0 spiro atoms. The number of sulfonamides is 1. The Morgan fingerprint density at radius 1 is 1.23 bits per heavy atom. The van der Waals surface area contributed by atoms with E-state index in [2.05, 4.69) is 5.32 Å². The molecule has 2 saturated heterocycles. The van der Waals surface area contributed by atoms with E-state index in [1.807, 2.05) is 6.92 Å². The molecule has 0 aliphatic carbocycles. The van der Waals surface area contributed by atoms with Crippen LogP contribution in [0, 0.1) is 5.92 Å². The third kappa shape index (κ3) is 4.70. The molecule has 1 aromatic carbocycles. The van der Waals surface area contributed by atoms with Crippen LogP contribution in [0.5, 0.6) is 0 Å². The van der Waals surface area contributed by atoms with E-state index in [0.717, 1.165) is 19.4 Å². The number of hydrogen-bond acceptors (Lipinski definition) is 6. The Morgan fingerprint density at radius 2 is 2.00 bits per heavy atom. The summed E-state index contributed by atoms with van der Waals surface area (Å²) in [5, 5.41) is 2.93. The van der Waals surface area contributed by atoms with Gasteiger partial charge in [-0.15, -0.1) is 0 Å². The van der Waals surface area contributed by atoms with Crippen molar-refractivity contribution in [3.8, 4) is 0 Å². The number of aromatic nitrogens is 1. The fourth-order valence-electron chi connectivity index (χ4n) is 4.38. The van der Waals surface area contributed by atoms with Crippen LogP contribution >= 0.6 is 0 Å². The molecule has 4 rings (SSSR count). The SMILES string of the molecule is CCn1c(=O)oc2cc(S(=O)(=O)N3CCC(CC(=O)NC[C@@H]4CCCO4)CC3)ccc21. The maximum Gasteiger partial charge on any atom is 0.419 e. The van der Waals surface area contributed by atoms with Crippen LogP contribution in [-0.2, 0) is 26.1 Å². The van der Waals surface area contributed by atoms with Crippen LogP contribution in [0.15, 0.2) is 32.3 Å². The molecule has 170 valence electrons. The minimum Gasteiger partial charge on any atom is -0.408 e. The standard InChI is InChI=1S/C21H29N3O6S/c1-2-24-18-6-5-17(13-19(18)30-21(24)26)31(27,28)23-9-7-15(8-10-23)12-20(25)22-14-16-4-3-11-29-16/h5-6,13,15-16H,2-4,7-12,14H2,1H3,(H,22,25)/t16-/m0/s1. The molecule has 1 N–H and O–H groups in total. The third-order valence-electron chi connectivity index (χ3n) is 6.19. The molecule has 10 heteroatoms. The molecule has 31 heavy (non-hydrogen) atoms. The average molecular weight is 452 g/mol. The summed E-state index contributed by atoms with van der Waals surface area (Å²) in [6.45, 7) is 4.32. The number of rotatable bonds is 7. The first-order valence-corrected chi connectivity index (χ1v) is 12.3. The number of hydrogen-bond donors (Lipinski definition) is 1. The molecule has 1 atom stereocenters. The number of carbonyl (C=O) groups excluding carboxylic acids is 1. The number of oxazole rings is 1. The Bertz CT molecular complexity index is 1090. The highest BCUT2D eigenvalue weighted by molar-refractivity contribution is 7.89. The number of nitrogens with one attached hydrogen (secondary N) is 1. The number of fused-ring (bicyclic) bond motifs is 1. The van der Waals surface area contributed by atoms with E-state index < -0.39 is 15.8 Å². The summed E-state index contributed by atoms with van der Waals surface area (Å²) in [6.07, 6.45) is 3.81. The smallest absolute Gasteiger partial charge is 0.408 e. The second-order valence-electron chi connectivity index (χ2n) is 8.23. The lowest BCUT2D eigenvalue weighted by Crippen LogP contribution is -2.40. The number of piperidine rings is 1. The van der Waals surface area contributed by atoms with Crippen LogP contribution in [0.25, 0.3) is 11.1 Å². The first-order valence-electron chi connectivity index (χ1n) is 10.9. The molecular formula is C21H29N3O6S. The zero-order valence-electron chi connectivity index (χ0n) is 17.7. The van der Waals surface area contributed by atoms with Crippen LogP contribution in [0.2, 0.25) is 0 Å². The van der Waals surface area contributed by atoms with Gasteiger partial charge in [0.25, 0.3) is 0 Å². The van der Waals surface area contributed by atoms with E-state index in [1.165, 1.54) is 21.0 Å². The minimum atomic E-state index is -3.69. The van der Waals surface area contributed by atoms with Crippen molar-refractivity contribution < 1.29 is 22.4 Å². The molecule has 3 heterocycles. The largest absolute Gasteiger partial charge is 0.419 e. The first-order chi connectivity index (χ1) is 14.9. The number of benzene rings is 1. The predicted molar refractivity (Wildman–Crippen MR) is 114 cm³/mol. The van der Waals surface area contributed by atoms with E-state index in [9.17, 15) is 18.0 Å². The number of aryl methyl sites for hydroxylation is 1. The van der Waals surface area contributed by atoms with Gasteiger partial charge >= 0.3 is 5.76 Å². The molecule has 0 radical (unpaired) electrons. The molecule has 2 fully saturated rings. The highest BCUT2D eigenvalue weighted by Gasteiger charge is 2.31. The summed E-state index contributed by atoms with van der Waals surface area (Å²) in [5.74, 6) is -0.335. The fraction of sp³-hybridized carbons (Fsp3) is 0.619.